The number of methoxy groups -OCH3 is 1. The van der Waals surface area contributed by atoms with Gasteiger partial charge in [-0.1, -0.05) is 63.1 Å². The number of allylic oxidation sites excluding steroid dienone is 1. The zero-order valence-corrected chi connectivity index (χ0v) is 22.6. The van der Waals surface area contributed by atoms with E-state index in [-0.39, 0.29) is 11.8 Å². The van der Waals surface area contributed by atoms with E-state index in [9.17, 15) is 4.79 Å². The van der Waals surface area contributed by atoms with Crippen molar-refractivity contribution in [3.63, 3.8) is 0 Å². The maximum Gasteiger partial charge on any atom is 0.228 e. The van der Waals surface area contributed by atoms with Crippen molar-refractivity contribution in [3.05, 3.63) is 60.0 Å². The summed E-state index contributed by atoms with van der Waals surface area (Å²) >= 11 is 0. The molecule has 200 valence electrons. The van der Waals surface area contributed by atoms with E-state index in [4.69, 9.17) is 9.47 Å². The summed E-state index contributed by atoms with van der Waals surface area (Å²) in [6.45, 7) is 9.09. The number of aliphatic imine (C=N–C) groups is 1. The van der Waals surface area contributed by atoms with E-state index in [0.717, 1.165) is 25.0 Å². The zero-order chi connectivity index (χ0) is 25.8. The Morgan fingerprint density at radius 1 is 1.22 bits per heavy atom. The van der Waals surface area contributed by atoms with Crippen LogP contribution in [0.25, 0.3) is 0 Å². The van der Waals surface area contributed by atoms with Crippen molar-refractivity contribution in [1.82, 2.24) is 10.2 Å². The fourth-order valence-electron chi connectivity index (χ4n) is 7.20. The van der Waals surface area contributed by atoms with E-state index in [1.807, 2.05) is 6.92 Å². The molecule has 1 N–H and O–H groups in total. The number of nitrogens with zero attached hydrogens (tertiary/aromatic N) is 2. The van der Waals surface area contributed by atoms with Crippen LogP contribution in [0.15, 0.2) is 59.4 Å². The molecular formula is C31H43N3O3. The minimum absolute atomic E-state index is 0.203. The molecule has 1 saturated carbocycles. The molecule has 37 heavy (non-hydrogen) atoms. The molecule has 6 nitrogen and oxygen atoms in total. The first kappa shape index (κ1) is 26.0. The quantitative estimate of drug-likeness (QED) is 0.428. The Bertz CT molecular complexity index is 1020. The van der Waals surface area contributed by atoms with E-state index < -0.39 is 5.41 Å². The maximum absolute atomic E-state index is 14.5. The van der Waals surface area contributed by atoms with Gasteiger partial charge in [0.05, 0.1) is 25.0 Å². The number of carbonyl (C=O) groups is 1. The van der Waals surface area contributed by atoms with E-state index >= 15 is 0 Å². The van der Waals surface area contributed by atoms with E-state index in [0.29, 0.717) is 55.6 Å². The Morgan fingerprint density at radius 2 is 2.00 bits per heavy atom. The topological polar surface area (TPSA) is 63.2 Å². The van der Waals surface area contributed by atoms with Crippen molar-refractivity contribution in [3.8, 4) is 0 Å². The maximum atomic E-state index is 14.5. The van der Waals surface area contributed by atoms with Crippen molar-refractivity contribution >= 4 is 11.8 Å². The molecule has 1 aliphatic carbocycles. The number of ether oxygens (including phenoxy) is 2. The highest BCUT2D eigenvalue weighted by Crippen LogP contribution is 2.47. The van der Waals surface area contributed by atoms with Crippen molar-refractivity contribution in [1.29, 1.82) is 0 Å². The number of carbonyl (C=O) groups excluding carboxylic acids is 1. The predicted octanol–water partition coefficient (Wildman–Crippen LogP) is 5.43. The summed E-state index contributed by atoms with van der Waals surface area (Å²) in [6, 6.07) is 11.2. The number of piperidine rings is 1. The average Bonchev–Trinajstić information content (AvgIpc) is 3.38. The first-order valence-corrected chi connectivity index (χ1v) is 14.3. The molecule has 4 unspecified atom stereocenters. The molecule has 1 amide bonds. The SMILES string of the molecule is C=C1C(N=C(CC)OC)=COCC12CNCC2C(=O)N1CCC(c2ccccc2)CC1C1CCCCC1. The van der Waals surface area contributed by atoms with Gasteiger partial charge >= 0.3 is 0 Å². The van der Waals surface area contributed by atoms with Crippen LogP contribution < -0.4 is 5.32 Å². The lowest BCUT2D eigenvalue weighted by Crippen LogP contribution is -2.55. The van der Waals surface area contributed by atoms with Crippen LogP contribution in [0.5, 0.6) is 0 Å². The number of likely N-dealkylation sites (tertiary alicyclic amines) is 1. The van der Waals surface area contributed by atoms with Crippen LogP contribution in [0.2, 0.25) is 0 Å². The summed E-state index contributed by atoms with van der Waals surface area (Å²) in [5.74, 6) is 1.82. The predicted molar refractivity (Wildman–Crippen MR) is 147 cm³/mol. The molecule has 1 aromatic rings. The van der Waals surface area contributed by atoms with Crippen molar-refractivity contribution < 1.29 is 14.3 Å². The van der Waals surface area contributed by atoms with Gasteiger partial charge in [0.25, 0.3) is 0 Å². The zero-order valence-electron chi connectivity index (χ0n) is 22.6. The number of rotatable bonds is 5. The van der Waals surface area contributed by atoms with Crippen LogP contribution in [0, 0.1) is 17.3 Å². The standard InChI is InChI=1S/C31H43N3O3/c1-4-29(36-3)33-27-19-37-21-31(22(27)2)20-32-18-26(31)30(35)34-16-15-25(23-11-7-5-8-12-23)17-28(34)24-13-9-6-10-14-24/h5,7-8,11-12,19,24-26,28,32H,2,4,6,9-10,13-18,20-21H2,1,3H3. The molecule has 5 rings (SSSR count). The fraction of sp³-hybridized carbons (Fsp3) is 0.613. The molecule has 1 aromatic carbocycles. The Kier molecular flexibility index (Phi) is 8.04. The van der Waals surface area contributed by atoms with E-state index in [1.54, 1.807) is 13.4 Å². The Balaban J connectivity index is 1.40. The van der Waals surface area contributed by atoms with Gasteiger partial charge < -0.3 is 19.7 Å². The third kappa shape index (κ3) is 5.09. The Morgan fingerprint density at radius 3 is 2.73 bits per heavy atom. The van der Waals surface area contributed by atoms with Gasteiger partial charge in [-0.15, -0.1) is 0 Å². The fourth-order valence-corrected chi connectivity index (χ4v) is 7.20. The average molecular weight is 506 g/mol. The molecule has 1 spiro atoms. The van der Waals surface area contributed by atoms with Gasteiger partial charge in [-0.25, -0.2) is 4.99 Å². The monoisotopic (exact) mass is 505 g/mol. The van der Waals surface area contributed by atoms with Crippen LogP contribution in [-0.4, -0.2) is 56.1 Å². The first-order valence-electron chi connectivity index (χ1n) is 14.3. The van der Waals surface area contributed by atoms with Gasteiger partial charge in [0.2, 0.25) is 5.91 Å². The van der Waals surface area contributed by atoms with Crippen LogP contribution in [0.4, 0.5) is 0 Å². The lowest BCUT2D eigenvalue weighted by Gasteiger charge is -2.47. The molecule has 0 aromatic heterocycles. The van der Waals surface area contributed by atoms with Gasteiger partial charge in [-0.2, -0.15) is 0 Å². The normalized spacial score (nSPS) is 31.2. The smallest absolute Gasteiger partial charge is 0.228 e. The molecule has 0 bridgehead atoms. The van der Waals surface area contributed by atoms with Crippen LogP contribution in [0.3, 0.4) is 0 Å². The van der Waals surface area contributed by atoms with E-state index in [2.05, 4.69) is 52.1 Å². The van der Waals surface area contributed by atoms with Gasteiger partial charge in [-0.3, -0.25) is 4.79 Å². The van der Waals surface area contributed by atoms with Gasteiger partial charge in [-0.05, 0) is 48.7 Å². The first-order chi connectivity index (χ1) is 18.1. The van der Waals surface area contributed by atoms with E-state index in [1.165, 1.54) is 37.7 Å². The number of hydrogen-bond donors (Lipinski definition) is 1. The third-order valence-corrected chi connectivity index (χ3v) is 9.38. The molecular weight excluding hydrogens is 462 g/mol. The molecule has 3 aliphatic heterocycles. The third-order valence-electron chi connectivity index (χ3n) is 9.38. The lowest BCUT2D eigenvalue weighted by atomic mass is 9.69. The van der Waals surface area contributed by atoms with Gasteiger partial charge in [0.1, 0.15) is 12.0 Å². The number of benzene rings is 1. The van der Waals surface area contributed by atoms with Crippen molar-refractivity contribution in [2.45, 2.75) is 70.3 Å². The second kappa shape index (κ2) is 11.4. The van der Waals surface area contributed by atoms with Crippen LogP contribution in [-0.2, 0) is 14.3 Å². The summed E-state index contributed by atoms with van der Waals surface area (Å²) in [5, 5.41) is 3.52. The molecule has 3 fully saturated rings. The summed E-state index contributed by atoms with van der Waals surface area (Å²) in [7, 11) is 1.64. The van der Waals surface area contributed by atoms with Gasteiger partial charge in [0.15, 0.2) is 5.90 Å². The lowest BCUT2D eigenvalue weighted by molar-refractivity contribution is -0.144. The molecule has 2 saturated heterocycles. The van der Waals surface area contributed by atoms with Crippen molar-refractivity contribution in [2.75, 3.05) is 33.4 Å². The minimum Gasteiger partial charge on any atom is -0.498 e. The van der Waals surface area contributed by atoms with Crippen molar-refractivity contribution in [2.24, 2.45) is 22.2 Å². The summed E-state index contributed by atoms with van der Waals surface area (Å²) in [6.07, 6.45) is 10.8. The highest BCUT2D eigenvalue weighted by atomic mass is 16.5. The summed E-state index contributed by atoms with van der Waals surface area (Å²) in [4.78, 5) is 21.4. The molecule has 4 atom stereocenters. The van der Waals surface area contributed by atoms with Crippen LogP contribution in [0.1, 0.15) is 69.8 Å². The molecule has 3 heterocycles. The molecule has 6 heteroatoms. The summed E-state index contributed by atoms with van der Waals surface area (Å²) in [5.41, 5.74) is 2.52. The Labute approximate surface area is 222 Å². The number of amides is 1. The highest BCUT2D eigenvalue weighted by Gasteiger charge is 2.54. The molecule has 0 radical (unpaired) electrons. The minimum atomic E-state index is -0.481. The van der Waals surface area contributed by atoms with Gasteiger partial charge in [0, 0.05) is 32.1 Å². The van der Waals surface area contributed by atoms with Crippen LogP contribution >= 0.6 is 0 Å². The second-order valence-electron chi connectivity index (χ2n) is 11.3. The second-order valence-corrected chi connectivity index (χ2v) is 11.3. The highest BCUT2D eigenvalue weighted by molar-refractivity contribution is 5.82. The summed E-state index contributed by atoms with van der Waals surface area (Å²) < 4.78 is 11.4. The molecule has 4 aliphatic rings. The largest absolute Gasteiger partial charge is 0.498 e. The number of hydrogen-bond acceptors (Lipinski definition) is 5. The number of nitrogens with one attached hydrogen (secondary N) is 1. The Hall–Kier alpha value is -2.60.